The van der Waals surface area contributed by atoms with Gasteiger partial charge in [0.25, 0.3) is 0 Å². The molecule has 0 aromatic heterocycles. The molecule has 104 valence electrons. The summed E-state index contributed by atoms with van der Waals surface area (Å²) in [4.78, 5) is 0. The highest BCUT2D eigenvalue weighted by Gasteiger charge is 2.51. The van der Waals surface area contributed by atoms with Gasteiger partial charge >= 0.3 is 0 Å². The first-order valence-electron chi connectivity index (χ1n) is 8.22. The van der Waals surface area contributed by atoms with Gasteiger partial charge < -0.3 is 0 Å². The van der Waals surface area contributed by atoms with Crippen LogP contribution in [0.25, 0.3) is 0 Å². The molecule has 0 aromatic rings. The minimum absolute atomic E-state index is 0.579. The monoisotopic (exact) mass is 250 g/mol. The van der Waals surface area contributed by atoms with Gasteiger partial charge in [-0.3, -0.25) is 11.3 Å². The van der Waals surface area contributed by atoms with Crippen LogP contribution < -0.4 is 11.3 Å². The molecule has 0 aliphatic heterocycles. The Kier molecular flexibility index (Phi) is 3.68. The molecular weight excluding hydrogens is 220 g/mol. The third-order valence-corrected chi connectivity index (χ3v) is 6.46. The van der Waals surface area contributed by atoms with Gasteiger partial charge in [-0.05, 0) is 67.6 Å². The van der Waals surface area contributed by atoms with E-state index >= 15 is 0 Å². The zero-order valence-corrected chi connectivity index (χ0v) is 12.1. The fourth-order valence-corrected chi connectivity index (χ4v) is 5.91. The summed E-state index contributed by atoms with van der Waals surface area (Å²) in [5.41, 5.74) is 3.23. The molecule has 1 atom stereocenters. The van der Waals surface area contributed by atoms with Gasteiger partial charge in [0.1, 0.15) is 0 Å². The summed E-state index contributed by atoms with van der Waals surface area (Å²) in [5.74, 6) is 11.7. The Balaban J connectivity index is 1.78. The predicted octanol–water partition coefficient (Wildman–Crippen LogP) is 3.33. The lowest BCUT2D eigenvalue weighted by Gasteiger charge is -2.57. The molecule has 0 amide bonds. The first kappa shape index (κ1) is 12.9. The lowest BCUT2D eigenvalue weighted by Crippen LogP contribution is -2.56. The summed E-state index contributed by atoms with van der Waals surface area (Å²) >= 11 is 0. The van der Waals surface area contributed by atoms with Crippen LogP contribution in [0.2, 0.25) is 0 Å². The zero-order valence-electron chi connectivity index (χ0n) is 12.1. The van der Waals surface area contributed by atoms with Crippen molar-refractivity contribution >= 4 is 0 Å². The average Bonchev–Trinajstić information content (AvgIpc) is 2.36. The highest BCUT2D eigenvalue weighted by atomic mass is 15.2. The summed E-state index contributed by atoms with van der Waals surface area (Å²) in [6.45, 7) is 4.66. The van der Waals surface area contributed by atoms with Crippen LogP contribution in [0.15, 0.2) is 0 Å². The van der Waals surface area contributed by atoms with Crippen LogP contribution in [-0.4, -0.2) is 6.04 Å². The standard InChI is InChI=1S/C16H30N2/c1-3-12(4-2)16(18-17)15-13-6-10-5-11(8-13)9-14(15)7-10/h10-16,18H,3-9,17H2,1-2H3. The third kappa shape index (κ3) is 2.02. The second kappa shape index (κ2) is 5.13. The molecule has 0 aromatic carbocycles. The van der Waals surface area contributed by atoms with Crippen molar-refractivity contribution in [2.45, 2.75) is 64.8 Å². The molecule has 3 N–H and O–H groups in total. The number of hydrazine groups is 1. The maximum Gasteiger partial charge on any atom is 0.0272 e. The van der Waals surface area contributed by atoms with Crippen molar-refractivity contribution in [2.24, 2.45) is 41.4 Å². The smallest absolute Gasteiger partial charge is 0.0272 e. The molecule has 0 saturated heterocycles. The van der Waals surface area contributed by atoms with E-state index in [-0.39, 0.29) is 0 Å². The van der Waals surface area contributed by atoms with Crippen LogP contribution in [-0.2, 0) is 0 Å². The Labute approximate surface area is 112 Å². The van der Waals surface area contributed by atoms with E-state index in [9.17, 15) is 0 Å². The fourth-order valence-electron chi connectivity index (χ4n) is 5.91. The van der Waals surface area contributed by atoms with Crippen molar-refractivity contribution in [1.29, 1.82) is 0 Å². The highest BCUT2D eigenvalue weighted by molar-refractivity contribution is 5.02. The maximum absolute atomic E-state index is 5.95. The molecule has 0 spiro atoms. The van der Waals surface area contributed by atoms with E-state index in [1.165, 1.54) is 38.5 Å². The highest BCUT2D eigenvalue weighted by Crippen LogP contribution is 2.58. The number of nitrogens with two attached hydrogens (primary N) is 1. The van der Waals surface area contributed by atoms with Crippen molar-refractivity contribution < 1.29 is 0 Å². The maximum atomic E-state index is 5.95. The molecule has 4 aliphatic rings. The first-order valence-corrected chi connectivity index (χ1v) is 8.22. The molecule has 4 aliphatic carbocycles. The van der Waals surface area contributed by atoms with Crippen molar-refractivity contribution in [3.8, 4) is 0 Å². The van der Waals surface area contributed by atoms with Crippen LogP contribution in [0.5, 0.6) is 0 Å². The molecule has 4 saturated carbocycles. The zero-order chi connectivity index (χ0) is 12.7. The molecule has 2 nitrogen and oxygen atoms in total. The number of nitrogens with one attached hydrogen (secondary N) is 1. The fraction of sp³-hybridized carbons (Fsp3) is 1.00. The molecule has 0 heterocycles. The Bertz CT molecular complexity index is 257. The minimum Gasteiger partial charge on any atom is -0.271 e. The summed E-state index contributed by atoms with van der Waals surface area (Å²) in [6.07, 6.45) is 10.1. The van der Waals surface area contributed by atoms with Crippen molar-refractivity contribution in [1.82, 2.24) is 5.43 Å². The van der Waals surface area contributed by atoms with E-state index in [1.807, 2.05) is 0 Å². The van der Waals surface area contributed by atoms with E-state index in [0.717, 1.165) is 35.5 Å². The second-order valence-electron chi connectivity index (χ2n) is 7.28. The van der Waals surface area contributed by atoms with E-state index in [1.54, 1.807) is 6.42 Å². The van der Waals surface area contributed by atoms with Gasteiger partial charge in [0.05, 0.1) is 0 Å². The van der Waals surface area contributed by atoms with Crippen LogP contribution in [0.4, 0.5) is 0 Å². The van der Waals surface area contributed by atoms with E-state index in [2.05, 4.69) is 19.3 Å². The Morgan fingerprint density at radius 1 is 0.944 bits per heavy atom. The third-order valence-electron chi connectivity index (χ3n) is 6.46. The lowest BCUT2D eigenvalue weighted by molar-refractivity contribution is -0.0612. The van der Waals surface area contributed by atoms with Gasteiger partial charge in [-0.15, -0.1) is 0 Å². The summed E-state index contributed by atoms with van der Waals surface area (Å²) in [7, 11) is 0. The van der Waals surface area contributed by atoms with Crippen molar-refractivity contribution in [3.05, 3.63) is 0 Å². The molecular formula is C16H30N2. The molecule has 4 fully saturated rings. The summed E-state index contributed by atoms with van der Waals surface area (Å²) in [6, 6.07) is 0.579. The molecule has 2 heteroatoms. The predicted molar refractivity (Wildman–Crippen MR) is 75.7 cm³/mol. The van der Waals surface area contributed by atoms with Gasteiger partial charge in [0.2, 0.25) is 0 Å². The minimum atomic E-state index is 0.579. The first-order chi connectivity index (χ1) is 8.76. The molecule has 0 radical (unpaired) electrons. The lowest BCUT2D eigenvalue weighted by atomic mass is 9.49. The Morgan fingerprint density at radius 2 is 1.44 bits per heavy atom. The van der Waals surface area contributed by atoms with E-state index in [4.69, 9.17) is 5.84 Å². The summed E-state index contributed by atoms with van der Waals surface area (Å²) in [5, 5.41) is 0. The topological polar surface area (TPSA) is 38.0 Å². The number of rotatable bonds is 5. The van der Waals surface area contributed by atoms with Crippen LogP contribution >= 0.6 is 0 Å². The Hall–Kier alpha value is -0.0800. The van der Waals surface area contributed by atoms with Crippen molar-refractivity contribution in [2.75, 3.05) is 0 Å². The average molecular weight is 250 g/mol. The molecule has 4 rings (SSSR count). The Morgan fingerprint density at radius 3 is 1.83 bits per heavy atom. The molecule has 4 bridgehead atoms. The van der Waals surface area contributed by atoms with Gasteiger partial charge in [-0.25, -0.2) is 0 Å². The van der Waals surface area contributed by atoms with Gasteiger partial charge in [0, 0.05) is 6.04 Å². The SMILES string of the molecule is CCC(CC)C(NN)C1C2CC3CC(C2)CC1C3. The van der Waals surface area contributed by atoms with E-state index in [0.29, 0.717) is 6.04 Å². The van der Waals surface area contributed by atoms with Crippen LogP contribution in [0.1, 0.15) is 58.8 Å². The molecule has 1 unspecified atom stereocenters. The molecule has 18 heavy (non-hydrogen) atoms. The largest absolute Gasteiger partial charge is 0.271 e. The van der Waals surface area contributed by atoms with Gasteiger partial charge in [-0.2, -0.15) is 0 Å². The van der Waals surface area contributed by atoms with Gasteiger partial charge in [-0.1, -0.05) is 26.7 Å². The summed E-state index contributed by atoms with van der Waals surface area (Å²) < 4.78 is 0. The van der Waals surface area contributed by atoms with Crippen LogP contribution in [0, 0.1) is 35.5 Å². The van der Waals surface area contributed by atoms with Crippen molar-refractivity contribution in [3.63, 3.8) is 0 Å². The quantitative estimate of drug-likeness (QED) is 0.580. The number of hydrogen-bond donors (Lipinski definition) is 2. The van der Waals surface area contributed by atoms with E-state index < -0.39 is 0 Å². The number of hydrogen-bond acceptors (Lipinski definition) is 2. The van der Waals surface area contributed by atoms with Gasteiger partial charge in [0.15, 0.2) is 0 Å². The van der Waals surface area contributed by atoms with Crippen LogP contribution in [0.3, 0.4) is 0 Å². The normalized spacial score (nSPS) is 43.7. The second-order valence-corrected chi connectivity index (χ2v) is 7.28.